The van der Waals surface area contributed by atoms with Crippen molar-refractivity contribution in [1.82, 2.24) is 4.90 Å². The Morgan fingerprint density at radius 3 is 2.10 bits per heavy atom. The van der Waals surface area contributed by atoms with Crippen molar-refractivity contribution < 1.29 is 19.0 Å². The van der Waals surface area contributed by atoms with Crippen molar-refractivity contribution in [3.05, 3.63) is 35.9 Å². The Hall–Kier alpha value is -1.43. The van der Waals surface area contributed by atoms with E-state index >= 15 is 0 Å². The highest BCUT2D eigenvalue weighted by Gasteiger charge is 2.24. The van der Waals surface area contributed by atoms with Crippen LogP contribution < -0.4 is 0 Å². The minimum atomic E-state index is -0.301. The molecule has 0 aliphatic carbocycles. The van der Waals surface area contributed by atoms with Crippen LogP contribution in [-0.4, -0.2) is 65.0 Å². The fourth-order valence-corrected chi connectivity index (χ4v) is 2.14. The summed E-state index contributed by atoms with van der Waals surface area (Å²) < 4.78 is 15.2. The van der Waals surface area contributed by atoms with E-state index in [1.54, 1.807) is 14.2 Å². The number of benzene rings is 1. The number of carbonyl (C=O) groups is 1. The molecule has 0 aromatic heterocycles. The molecule has 118 valence electrons. The van der Waals surface area contributed by atoms with Gasteiger partial charge in [0.1, 0.15) is 0 Å². The Morgan fingerprint density at radius 2 is 1.62 bits per heavy atom. The summed E-state index contributed by atoms with van der Waals surface area (Å²) in [6.45, 7) is 3.32. The molecule has 0 N–H and O–H groups in total. The lowest BCUT2D eigenvalue weighted by molar-refractivity contribution is -0.143. The van der Waals surface area contributed by atoms with Crippen molar-refractivity contribution in [2.45, 2.75) is 5.92 Å². The zero-order valence-electron chi connectivity index (χ0n) is 13.1. The van der Waals surface area contributed by atoms with E-state index in [1.807, 2.05) is 30.3 Å². The lowest BCUT2D eigenvalue weighted by Crippen LogP contribution is -2.37. The molecule has 0 saturated heterocycles. The first kappa shape index (κ1) is 17.6. The molecule has 0 aliphatic heterocycles. The maximum atomic E-state index is 12.1. The quantitative estimate of drug-likeness (QED) is 0.613. The van der Waals surface area contributed by atoms with Crippen LogP contribution >= 0.6 is 0 Å². The number of hydrogen-bond acceptors (Lipinski definition) is 5. The second-order valence-electron chi connectivity index (χ2n) is 4.77. The Labute approximate surface area is 126 Å². The summed E-state index contributed by atoms with van der Waals surface area (Å²) in [6.07, 6.45) is 0. The lowest BCUT2D eigenvalue weighted by Gasteiger charge is -2.26. The first-order valence-corrected chi connectivity index (χ1v) is 7.06. The largest absolute Gasteiger partial charge is 0.469 e. The van der Waals surface area contributed by atoms with Gasteiger partial charge in [-0.1, -0.05) is 30.3 Å². The van der Waals surface area contributed by atoms with Crippen molar-refractivity contribution in [1.29, 1.82) is 0 Å². The average molecular weight is 295 g/mol. The predicted molar refractivity (Wildman–Crippen MR) is 81.4 cm³/mol. The first-order valence-electron chi connectivity index (χ1n) is 7.06. The second kappa shape index (κ2) is 10.3. The van der Waals surface area contributed by atoms with Crippen LogP contribution in [0, 0.1) is 0 Å². The topological polar surface area (TPSA) is 48.0 Å². The monoisotopic (exact) mass is 295 g/mol. The Morgan fingerprint density at radius 1 is 1.05 bits per heavy atom. The summed E-state index contributed by atoms with van der Waals surface area (Å²) in [5, 5.41) is 0. The number of carbonyl (C=O) groups excluding carboxylic acids is 1. The first-order chi connectivity index (χ1) is 10.2. The maximum absolute atomic E-state index is 12.1. The summed E-state index contributed by atoms with van der Waals surface area (Å²) in [5.41, 5.74) is 0.962. The van der Waals surface area contributed by atoms with Crippen molar-refractivity contribution in [2.24, 2.45) is 0 Å². The molecule has 1 aromatic carbocycles. The van der Waals surface area contributed by atoms with E-state index in [-0.39, 0.29) is 11.9 Å². The van der Waals surface area contributed by atoms with Crippen LogP contribution in [0.3, 0.4) is 0 Å². The summed E-state index contributed by atoms with van der Waals surface area (Å²) in [6, 6.07) is 9.70. The Kier molecular flexibility index (Phi) is 8.66. The van der Waals surface area contributed by atoms with E-state index in [0.717, 1.165) is 18.7 Å². The van der Waals surface area contributed by atoms with E-state index < -0.39 is 0 Å². The number of rotatable bonds is 10. The van der Waals surface area contributed by atoms with Crippen LogP contribution in [0.25, 0.3) is 0 Å². The van der Waals surface area contributed by atoms with Gasteiger partial charge in [0.15, 0.2) is 0 Å². The van der Waals surface area contributed by atoms with Gasteiger partial charge in [0.2, 0.25) is 0 Å². The van der Waals surface area contributed by atoms with Crippen molar-refractivity contribution in [2.75, 3.05) is 54.2 Å². The molecule has 0 amide bonds. The van der Waals surface area contributed by atoms with Gasteiger partial charge in [-0.25, -0.2) is 0 Å². The fraction of sp³-hybridized carbons (Fsp3) is 0.562. The third kappa shape index (κ3) is 6.25. The summed E-state index contributed by atoms with van der Waals surface area (Å²) >= 11 is 0. The molecule has 0 saturated carbocycles. The van der Waals surface area contributed by atoms with Gasteiger partial charge in [-0.05, 0) is 5.56 Å². The molecule has 0 radical (unpaired) electrons. The van der Waals surface area contributed by atoms with Crippen molar-refractivity contribution in [3.63, 3.8) is 0 Å². The van der Waals surface area contributed by atoms with Crippen LogP contribution in [0.1, 0.15) is 11.5 Å². The van der Waals surface area contributed by atoms with Gasteiger partial charge in [-0.2, -0.15) is 0 Å². The molecule has 5 nitrogen and oxygen atoms in total. The van der Waals surface area contributed by atoms with Crippen LogP contribution in [-0.2, 0) is 19.0 Å². The molecule has 0 spiro atoms. The number of ether oxygens (including phenoxy) is 3. The van der Waals surface area contributed by atoms with E-state index in [1.165, 1.54) is 7.11 Å². The zero-order chi connectivity index (χ0) is 15.5. The van der Waals surface area contributed by atoms with Gasteiger partial charge in [0.25, 0.3) is 0 Å². The average Bonchev–Trinajstić information content (AvgIpc) is 2.54. The zero-order valence-corrected chi connectivity index (χ0v) is 13.1. The van der Waals surface area contributed by atoms with Crippen molar-refractivity contribution in [3.8, 4) is 0 Å². The normalized spacial score (nSPS) is 12.4. The molecule has 1 atom stereocenters. The third-order valence-corrected chi connectivity index (χ3v) is 3.35. The van der Waals surface area contributed by atoms with Gasteiger partial charge < -0.3 is 14.2 Å². The highest BCUT2D eigenvalue weighted by Crippen LogP contribution is 2.18. The van der Waals surface area contributed by atoms with E-state index in [2.05, 4.69) is 4.90 Å². The van der Waals surface area contributed by atoms with Crippen LogP contribution in [0.4, 0.5) is 0 Å². The molecule has 0 fully saturated rings. The van der Waals surface area contributed by atoms with Crippen LogP contribution in [0.2, 0.25) is 0 Å². The highest BCUT2D eigenvalue weighted by molar-refractivity contribution is 5.78. The van der Waals surface area contributed by atoms with Gasteiger partial charge in [0.05, 0.1) is 26.2 Å². The highest BCUT2D eigenvalue weighted by atomic mass is 16.5. The van der Waals surface area contributed by atoms with E-state index in [9.17, 15) is 4.79 Å². The molecule has 1 aromatic rings. The predicted octanol–water partition coefficient (Wildman–Crippen LogP) is 1.54. The minimum Gasteiger partial charge on any atom is -0.469 e. The SMILES string of the molecule is COCCN(CCOC)CC(C(=O)OC)c1ccccc1. The smallest absolute Gasteiger partial charge is 0.314 e. The Bertz CT molecular complexity index is 389. The molecular formula is C16H25NO4. The lowest BCUT2D eigenvalue weighted by atomic mass is 9.98. The molecule has 1 rings (SSSR count). The van der Waals surface area contributed by atoms with E-state index in [0.29, 0.717) is 19.8 Å². The van der Waals surface area contributed by atoms with Gasteiger partial charge in [-0.15, -0.1) is 0 Å². The number of methoxy groups -OCH3 is 3. The molecule has 0 heterocycles. The number of nitrogens with zero attached hydrogens (tertiary/aromatic N) is 1. The number of esters is 1. The second-order valence-corrected chi connectivity index (χ2v) is 4.77. The Balaban J connectivity index is 2.78. The summed E-state index contributed by atoms with van der Waals surface area (Å²) in [5.74, 6) is -0.522. The molecule has 1 unspecified atom stereocenters. The van der Waals surface area contributed by atoms with Gasteiger partial charge >= 0.3 is 5.97 Å². The molecular weight excluding hydrogens is 270 g/mol. The van der Waals surface area contributed by atoms with Gasteiger partial charge in [0, 0.05) is 33.9 Å². The van der Waals surface area contributed by atoms with E-state index in [4.69, 9.17) is 14.2 Å². The number of hydrogen-bond donors (Lipinski definition) is 0. The van der Waals surface area contributed by atoms with Crippen LogP contribution in [0.5, 0.6) is 0 Å². The van der Waals surface area contributed by atoms with Gasteiger partial charge in [-0.3, -0.25) is 9.69 Å². The summed E-state index contributed by atoms with van der Waals surface area (Å²) in [7, 11) is 4.76. The molecule has 0 aliphatic rings. The standard InChI is InChI=1S/C16H25NO4/c1-19-11-9-17(10-12-20-2)13-15(16(18)21-3)14-7-5-4-6-8-14/h4-8,15H,9-13H2,1-3H3. The van der Waals surface area contributed by atoms with Crippen molar-refractivity contribution >= 4 is 5.97 Å². The van der Waals surface area contributed by atoms with Crippen LogP contribution in [0.15, 0.2) is 30.3 Å². The molecule has 21 heavy (non-hydrogen) atoms. The third-order valence-electron chi connectivity index (χ3n) is 3.35. The summed E-state index contributed by atoms with van der Waals surface area (Å²) in [4.78, 5) is 14.2. The minimum absolute atomic E-state index is 0.221. The molecule has 0 bridgehead atoms. The fourth-order valence-electron chi connectivity index (χ4n) is 2.14. The maximum Gasteiger partial charge on any atom is 0.314 e. The molecule has 5 heteroatoms.